The van der Waals surface area contributed by atoms with E-state index in [1.165, 1.54) is 0 Å². The lowest BCUT2D eigenvalue weighted by Crippen LogP contribution is -2.52. The van der Waals surface area contributed by atoms with Gasteiger partial charge in [-0.15, -0.1) is 5.10 Å². The molecule has 1 amide bonds. The van der Waals surface area contributed by atoms with Gasteiger partial charge < -0.3 is 15.2 Å². The van der Waals surface area contributed by atoms with E-state index in [1.807, 2.05) is 10.9 Å². The fourth-order valence-electron chi connectivity index (χ4n) is 4.09. The van der Waals surface area contributed by atoms with Gasteiger partial charge in [-0.05, 0) is 38.5 Å². The van der Waals surface area contributed by atoms with Crippen molar-refractivity contribution in [3.63, 3.8) is 0 Å². The third-order valence-corrected chi connectivity index (χ3v) is 5.62. The van der Waals surface area contributed by atoms with Gasteiger partial charge in [0, 0.05) is 18.7 Å². The van der Waals surface area contributed by atoms with Gasteiger partial charge in [0.1, 0.15) is 6.10 Å². The Labute approximate surface area is 155 Å². The van der Waals surface area contributed by atoms with Gasteiger partial charge in [0.15, 0.2) is 0 Å². The number of aromatic nitrogens is 3. The number of aliphatic hydroxyl groups excluding tert-OH is 1. The zero-order chi connectivity index (χ0) is 18.4. The van der Waals surface area contributed by atoms with Crippen LogP contribution >= 0.6 is 0 Å². The monoisotopic (exact) mass is 364 g/mol. The predicted molar refractivity (Wildman–Crippen MR) is 97.5 cm³/mol. The summed E-state index contributed by atoms with van der Waals surface area (Å²) >= 11 is 0. The van der Waals surface area contributed by atoms with Crippen LogP contribution in [0.1, 0.15) is 64.0 Å². The number of carbonyl (C=O) groups is 1. The molecule has 1 saturated heterocycles. The van der Waals surface area contributed by atoms with E-state index in [4.69, 9.17) is 4.74 Å². The predicted octanol–water partition coefficient (Wildman–Crippen LogP) is 1.84. The molecule has 7 nitrogen and oxygen atoms in total. The first-order valence-electron chi connectivity index (χ1n) is 10.1. The fourth-order valence-corrected chi connectivity index (χ4v) is 4.09. The number of rotatable bonds is 8. The minimum Gasteiger partial charge on any atom is -0.394 e. The molecular weight excluding hydrogens is 332 g/mol. The second kappa shape index (κ2) is 9.46. The second-order valence-corrected chi connectivity index (χ2v) is 7.66. The molecule has 1 aromatic rings. The van der Waals surface area contributed by atoms with Crippen LogP contribution in [0.25, 0.3) is 0 Å². The lowest BCUT2D eigenvalue weighted by molar-refractivity contribution is -0.132. The molecule has 0 unspecified atom stereocenters. The first-order chi connectivity index (χ1) is 12.7. The Hall–Kier alpha value is -1.47. The second-order valence-electron chi connectivity index (χ2n) is 7.66. The molecule has 0 aromatic carbocycles. The number of hydrogen-bond acceptors (Lipinski definition) is 5. The highest BCUT2D eigenvalue weighted by atomic mass is 16.5. The summed E-state index contributed by atoms with van der Waals surface area (Å²) in [4.78, 5) is 12.4. The first-order valence-corrected chi connectivity index (χ1v) is 10.1. The van der Waals surface area contributed by atoms with Gasteiger partial charge in [0.25, 0.3) is 0 Å². The van der Waals surface area contributed by atoms with Crippen molar-refractivity contribution in [3.05, 3.63) is 11.9 Å². The molecule has 1 aliphatic carbocycles. The van der Waals surface area contributed by atoms with Crippen molar-refractivity contribution in [1.29, 1.82) is 0 Å². The van der Waals surface area contributed by atoms with Crippen molar-refractivity contribution in [2.24, 2.45) is 5.92 Å². The van der Waals surface area contributed by atoms with Gasteiger partial charge in [0.05, 0.1) is 24.4 Å². The van der Waals surface area contributed by atoms with Crippen LogP contribution in [0, 0.1) is 5.92 Å². The van der Waals surface area contributed by atoms with Gasteiger partial charge in [-0.25, -0.2) is 0 Å². The van der Waals surface area contributed by atoms with Gasteiger partial charge >= 0.3 is 0 Å². The highest BCUT2D eigenvalue weighted by molar-refractivity contribution is 5.79. The SMILES string of the molecule is CCCc1cn(CC[C@H]2CC[C@H](NC(=O)C3CCCC3)[C@@H](CO)O2)nn1. The van der Waals surface area contributed by atoms with Gasteiger partial charge in [-0.3, -0.25) is 9.48 Å². The molecule has 2 N–H and O–H groups in total. The van der Waals surface area contributed by atoms with Gasteiger partial charge in [0.2, 0.25) is 5.91 Å². The first kappa shape index (κ1) is 19.3. The van der Waals surface area contributed by atoms with E-state index < -0.39 is 0 Å². The minimum atomic E-state index is -0.314. The number of aliphatic hydroxyl groups is 1. The number of amides is 1. The number of nitrogens with one attached hydrogen (secondary N) is 1. The molecule has 146 valence electrons. The standard InChI is InChI=1S/C19H32N4O3/c1-2-5-15-12-23(22-21-15)11-10-16-8-9-17(18(13-24)26-16)20-19(25)14-6-3-4-7-14/h12,14,16-18,24H,2-11,13H2,1H3,(H,20,25)/t16-,17+,18-/m1/s1. The average Bonchev–Trinajstić information content (AvgIpc) is 3.33. The Bertz CT molecular complexity index is 571. The molecule has 3 rings (SSSR count). The Morgan fingerprint density at radius 2 is 2.15 bits per heavy atom. The van der Waals surface area contributed by atoms with E-state index >= 15 is 0 Å². The van der Waals surface area contributed by atoms with Gasteiger partial charge in [-0.1, -0.05) is 31.4 Å². The van der Waals surface area contributed by atoms with Crippen molar-refractivity contribution < 1.29 is 14.6 Å². The zero-order valence-electron chi connectivity index (χ0n) is 15.8. The van der Waals surface area contributed by atoms with E-state index in [-0.39, 0.29) is 36.7 Å². The normalized spacial score (nSPS) is 26.9. The lowest BCUT2D eigenvalue weighted by Gasteiger charge is -2.36. The maximum absolute atomic E-state index is 12.4. The topological polar surface area (TPSA) is 89.3 Å². The van der Waals surface area contributed by atoms with Crippen molar-refractivity contribution in [1.82, 2.24) is 20.3 Å². The molecule has 0 radical (unpaired) electrons. The summed E-state index contributed by atoms with van der Waals surface area (Å²) in [7, 11) is 0. The van der Waals surface area contributed by atoms with E-state index in [9.17, 15) is 9.90 Å². The quantitative estimate of drug-likeness (QED) is 0.735. The van der Waals surface area contributed by atoms with Crippen LogP contribution in [-0.4, -0.2) is 50.9 Å². The van der Waals surface area contributed by atoms with Crippen LogP contribution in [0.3, 0.4) is 0 Å². The van der Waals surface area contributed by atoms with Crippen LogP contribution in [0.15, 0.2) is 6.20 Å². The van der Waals surface area contributed by atoms with Crippen LogP contribution in [-0.2, 0) is 22.5 Å². The Morgan fingerprint density at radius 3 is 2.88 bits per heavy atom. The largest absolute Gasteiger partial charge is 0.394 e. The lowest BCUT2D eigenvalue weighted by atomic mass is 9.96. The Kier molecular flexibility index (Phi) is 7.02. The molecule has 0 bridgehead atoms. The molecule has 1 saturated carbocycles. The molecule has 3 atom stereocenters. The molecule has 2 aliphatic rings. The van der Waals surface area contributed by atoms with Crippen molar-refractivity contribution in [3.8, 4) is 0 Å². The minimum absolute atomic E-state index is 0.0594. The van der Waals surface area contributed by atoms with Crippen LogP contribution in [0.4, 0.5) is 0 Å². The highest BCUT2D eigenvalue weighted by Crippen LogP contribution is 2.27. The van der Waals surface area contributed by atoms with Crippen LogP contribution in [0.5, 0.6) is 0 Å². The molecule has 0 spiro atoms. The molecule has 2 heterocycles. The molecule has 1 aliphatic heterocycles. The third kappa shape index (κ3) is 5.04. The number of nitrogens with zero attached hydrogens (tertiary/aromatic N) is 3. The van der Waals surface area contributed by atoms with Gasteiger partial charge in [-0.2, -0.15) is 0 Å². The zero-order valence-corrected chi connectivity index (χ0v) is 15.8. The van der Waals surface area contributed by atoms with E-state index in [0.717, 1.165) is 70.0 Å². The number of aryl methyl sites for hydroxylation is 2. The maximum Gasteiger partial charge on any atom is 0.223 e. The van der Waals surface area contributed by atoms with E-state index in [0.29, 0.717) is 0 Å². The summed E-state index contributed by atoms with van der Waals surface area (Å²) in [5, 5.41) is 21.2. The third-order valence-electron chi connectivity index (χ3n) is 5.62. The highest BCUT2D eigenvalue weighted by Gasteiger charge is 2.33. The smallest absolute Gasteiger partial charge is 0.223 e. The Morgan fingerprint density at radius 1 is 1.35 bits per heavy atom. The summed E-state index contributed by atoms with van der Waals surface area (Å²) in [6, 6.07) is -0.0770. The number of hydrogen-bond donors (Lipinski definition) is 2. The number of ether oxygens (including phenoxy) is 1. The summed E-state index contributed by atoms with van der Waals surface area (Å²) in [5.41, 5.74) is 1.03. The molecule has 26 heavy (non-hydrogen) atoms. The van der Waals surface area contributed by atoms with E-state index in [1.54, 1.807) is 0 Å². The molecule has 2 fully saturated rings. The molecular formula is C19H32N4O3. The van der Waals surface area contributed by atoms with Crippen LogP contribution in [0.2, 0.25) is 0 Å². The Balaban J connectivity index is 1.45. The van der Waals surface area contributed by atoms with Crippen molar-refractivity contribution in [2.75, 3.05) is 6.61 Å². The summed E-state index contributed by atoms with van der Waals surface area (Å²) < 4.78 is 7.93. The van der Waals surface area contributed by atoms with Crippen molar-refractivity contribution in [2.45, 2.75) is 89.5 Å². The fraction of sp³-hybridized carbons (Fsp3) is 0.842. The summed E-state index contributed by atoms with van der Waals surface area (Å²) in [5.74, 6) is 0.288. The molecule has 7 heteroatoms. The van der Waals surface area contributed by atoms with Crippen LogP contribution < -0.4 is 5.32 Å². The average molecular weight is 364 g/mol. The summed E-state index contributed by atoms with van der Waals surface area (Å²) in [6.07, 6.45) is 10.7. The van der Waals surface area contributed by atoms with E-state index in [2.05, 4.69) is 22.6 Å². The van der Waals surface area contributed by atoms with Crippen molar-refractivity contribution >= 4 is 5.91 Å². The molecule has 1 aromatic heterocycles. The maximum atomic E-state index is 12.4. The summed E-state index contributed by atoms with van der Waals surface area (Å²) in [6.45, 7) is 2.83. The number of carbonyl (C=O) groups excluding carboxylic acids is 1.